The summed E-state index contributed by atoms with van der Waals surface area (Å²) in [6.45, 7) is 1.04. The van der Waals surface area contributed by atoms with Gasteiger partial charge in [0, 0.05) is 35.7 Å². The Morgan fingerprint density at radius 1 is 1.03 bits per heavy atom. The highest BCUT2D eigenvalue weighted by Gasteiger charge is 2.15. The highest BCUT2D eigenvalue weighted by molar-refractivity contribution is 6.04. The van der Waals surface area contributed by atoms with Crippen molar-refractivity contribution >= 4 is 22.9 Å². The Kier molecular flexibility index (Phi) is 4.47. The summed E-state index contributed by atoms with van der Waals surface area (Å²) < 4.78 is 13.0. The molecular weight excluding hydrogens is 400 g/mol. The Morgan fingerprint density at radius 2 is 1.87 bits per heavy atom. The number of amides is 1. The first-order valence-electron chi connectivity index (χ1n) is 9.51. The quantitative estimate of drug-likeness (QED) is 0.399. The third-order valence-corrected chi connectivity index (χ3v) is 4.87. The Morgan fingerprint density at radius 3 is 2.71 bits per heavy atom. The summed E-state index contributed by atoms with van der Waals surface area (Å²) in [6, 6.07) is 14.8. The fourth-order valence-electron chi connectivity index (χ4n) is 3.37. The summed E-state index contributed by atoms with van der Waals surface area (Å²) in [5.74, 6) is 0.964. The number of nitrogens with one attached hydrogen (secondary N) is 1. The number of nitrogens with zero attached hydrogens (tertiary/aromatic N) is 3. The maximum absolute atomic E-state index is 12.5. The summed E-state index contributed by atoms with van der Waals surface area (Å²) in [4.78, 5) is 27.5. The lowest BCUT2D eigenvalue weighted by Crippen LogP contribution is -2.15. The van der Waals surface area contributed by atoms with Crippen LogP contribution in [0.4, 0.5) is 11.4 Å². The molecule has 0 unspecified atom stereocenters. The number of fused-ring (bicyclic) bond motifs is 2. The summed E-state index contributed by atoms with van der Waals surface area (Å²) in [7, 11) is 0. The highest BCUT2D eigenvalue weighted by atomic mass is 16.6. The van der Waals surface area contributed by atoms with E-state index in [4.69, 9.17) is 9.47 Å². The fourth-order valence-corrected chi connectivity index (χ4v) is 3.37. The fraction of sp³-hybridized carbons (Fsp3) is 0.0909. The van der Waals surface area contributed by atoms with Gasteiger partial charge in [0.2, 0.25) is 0 Å². The molecule has 1 amide bonds. The lowest BCUT2D eigenvalue weighted by atomic mass is 10.1. The minimum atomic E-state index is -0.534. The molecule has 0 saturated carbocycles. The molecule has 154 valence electrons. The molecule has 9 heteroatoms. The van der Waals surface area contributed by atoms with Gasteiger partial charge in [-0.25, -0.2) is 4.98 Å². The van der Waals surface area contributed by atoms with Crippen molar-refractivity contribution in [3.05, 3.63) is 82.7 Å². The van der Waals surface area contributed by atoms with Crippen molar-refractivity contribution in [2.24, 2.45) is 0 Å². The standard InChI is InChI=1S/C22H16N4O5/c27-22(15-2-1-3-17(10-15)26(28)29)23-16-5-7-21-24-18(13-25(21)12-16)14-4-6-19-20(11-14)31-9-8-30-19/h1-7,10-13H,8-9H2,(H,23,27). The predicted octanol–water partition coefficient (Wildman–Crippen LogP) is 3.93. The number of anilines is 1. The molecule has 0 aliphatic carbocycles. The van der Waals surface area contributed by atoms with Gasteiger partial charge in [-0.15, -0.1) is 0 Å². The van der Waals surface area contributed by atoms with Gasteiger partial charge in [0.25, 0.3) is 11.6 Å². The molecule has 0 radical (unpaired) electrons. The molecule has 0 saturated heterocycles. The summed E-state index contributed by atoms with van der Waals surface area (Å²) in [6.07, 6.45) is 3.59. The molecule has 4 aromatic rings. The summed E-state index contributed by atoms with van der Waals surface area (Å²) >= 11 is 0. The molecular formula is C22H16N4O5. The van der Waals surface area contributed by atoms with Crippen LogP contribution in [0.5, 0.6) is 11.5 Å². The van der Waals surface area contributed by atoms with Crippen LogP contribution in [0.3, 0.4) is 0 Å². The molecule has 1 N–H and O–H groups in total. The Labute approximate surface area is 176 Å². The number of hydrogen-bond acceptors (Lipinski definition) is 6. The van der Waals surface area contributed by atoms with E-state index in [1.165, 1.54) is 24.3 Å². The monoisotopic (exact) mass is 416 g/mol. The van der Waals surface area contributed by atoms with Crippen LogP contribution in [0.15, 0.2) is 67.0 Å². The van der Waals surface area contributed by atoms with Crippen molar-refractivity contribution in [3.8, 4) is 22.8 Å². The van der Waals surface area contributed by atoms with Crippen molar-refractivity contribution in [1.82, 2.24) is 9.38 Å². The average Bonchev–Trinajstić information content (AvgIpc) is 3.22. The lowest BCUT2D eigenvalue weighted by Gasteiger charge is -2.18. The van der Waals surface area contributed by atoms with Gasteiger partial charge in [0.15, 0.2) is 11.5 Å². The topological polar surface area (TPSA) is 108 Å². The van der Waals surface area contributed by atoms with Gasteiger partial charge >= 0.3 is 0 Å². The van der Waals surface area contributed by atoms with E-state index < -0.39 is 10.8 Å². The number of aromatic nitrogens is 2. The molecule has 5 rings (SSSR count). The molecule has 0 atom stereocenters. The van der Waals surface area contributed by atoms with Gasteiger partial charge in [-0.1, -0.05) is 6.07 Å². The number of imidazole rings is 1. The number of hydrogen-bond donors (Lipinski definition) is 1. The summed E-state index contributed by atoms with van der Waals surface area (Å²) in [5, 5.41) is 13.7. The SMILES string of the molecule is O=C(Nc1ccc2nc(-c3ccc4c(c3)OCCO4)cn2c1)c1cccc([N+](=O)[O-])c1. The van der Waals surface area contributed by atoms with Crippen LogP contribution in [0.2, 0.25) is 0 Å². The second-order valence-corrected chi connectivity index (χ2v) is 6.93. The van der Waals surface area contributed by atoms with Gasteiger partial charge < -0.3 is 19.2 Å². The van der Waals surface area contributed by atoms with E-state index in [1.807, 2.05) is 24.4 Å². The zero-order valence-corrected chi connectivity index (χ0v) is 16.1. The molecule has 0 spiro atoms. The normalized spacial score (nSPS) is 12.5. The number of rotatable bonds is 4. The first-order chi connectivity index (χ1) is 15.1. The average molecular weight is 416 g/mol. The van der Waals surface area contributed by atoms with Gasteiger partial charge in [-0.3, -0.25) is 14.9 Å². The van der Waals surface area contributed by atoms with Gasteiger partial charge in [0.05, 0.1) is 16.3 Å². The van der Waals surface area contributed by atoms with E-state index in [2.05, 4.69) is 10.3 Å². The Bertz CT molecular complexity index is 1330. The number of pyridine rings is 1. The minimum Gasteiger partial charge on any atom is -0.486 e. The van der Waals surface area contributed by atoms with Crippen molar-refractivity contribution in [2.75, 3.05) is 18.5 Å². The van der Waals surface area contributed by atoms with Crippen molar-refractivity contribution in [3.63, 3.8) is 0 Å². The Balaban J connectivity index is 1.40. The van der Waals surface area contributed by atoms with E-state index in [0.29, 0.717) is 36.0 Å². The molecule has 2 aromatic heterocycles. The predicted molar refractivity (Wildman–Crippen MR) is 113 cm³/mol. The van der Waals surface area contributed by atoms with Gasteiger partial charge in [0.1, 0.15) is 18.9 Å². The highest BCUT2D eigenvalue weighted by Crippen LogP contribution is 2.34. The molecule has 1 aliphatic heterocycles. The smallest absolute Gasteiger partial charge is 0.270 e. The molecule has 0 bridgehead atoms. The van der Waals surface area contributed by atoms with E-state index in [1.54, 1.807) is 22.7 Å². The van der Waals surface area contributed by atoms with Crippen LogP contribution < -0.4 is 14.8 Å². The van der Waals surface area contributed by atoms with E-state index in [-0.39, 0.29) is 11.3 Å². The van der Waals surface area contributed by atoms with Crippen LogP contribution in [-0.4, -0.2) is 33.4 Å². The second kappa shape index (κ2) is 7.45. The van der Waals surface area contributed by atoms with Gasteiger partial charge in [-0.2, -0.15) is 0 Å². The molecule has 0 fully saturated rings. The van der Waals surface area contributed by atoms with Crippen LogP contribution in [0.1, 0.15) is 10.4 Å². The summed E-state index contributed by atoms with van der Waals surface area (Å²) in [5.41, 5.74) is 2.95. The number of nitro benzene ring substituents is 1. The zero-order chi connectivity index (χ0) is 21.4. The number of benzene rings is 2. The first kappa shape index (κ1) is 18.6. The van der Waals surface area contributed by atoms with Crippen molar-refractivity contribution < 1.29 is 19.2 Å². The third-order valence-electron chi connectivity index (χ3n) is 4.87. The lowest BCUT2D eigenvalue weighted by molar-refractivity contribution is -0.384. The van der Waals surface area contributed by atoms with Crippen LogP contribution in [0.25, 0.3) is 16.9 Å². The largest absolute Gasteiger partial charge is 0.486 e. The maximum atomic E-state index is 12.5. The van der Waals surface area contributed by atoms with Crippen LogP contribution in [0, 0.1) is 10.1 Å². The minimum absolute atomic E-state index is 0.137. The van der Waals surface area contributed by atoms with E-state index in [0.717, 1.165) is 11.3 Å². The van der Waals surface area contributed by atoms with Crippen molar-refractivity contribution in [2.45, 2.75) is 0 Å². The molecule has 9 nitrogen and oxygen atoms in total. The molecule has 3 heterocycles. The van der Waals surface area contributed by atoms with E-state index in [9.17, 15) is 14.9 Å². The zero-order valence-electron chi connectivity index (χ0n) is 16.1. The third kappa shape index (κ3) is 3.64. The maximum Gasteiger partial charge on any atom is 0.270 e. The molecule has 2 aromatic carbocycles. The number of nitro groups is 1. The van der Waals surface area contributed by atoms with Crippen LogP contribution >= 0.6 is 0 Å². The van der Waals surface area contributed by atoms with Gasteiger partial charge in [-0.05, 0) is 36.4 Å². The van der Waals surface area contributed by atoms with Crippen LogP contribution in [-0.2, 0) is 0 Å². The Hall–Kier alpha value is -4.40. The molecule has 1 aliphatic rings. The number of non-ortho nitro benzene ring substituents is 1. The first-order valence-corrected chi connectivity index (χ1v) is 9.51. The number of carbonyl (C=O) groups excluding carboxylic acids is 1. The number of carbonyl (C=O) groups is 1. The van der Waals surface area contributed by atoms with E-state index >= 15 is 0 Å². The number of ether oxygens (including phenoxy) is 2. The van der Waals surface area contributed by atoms with Crippen molar-refractivity contribution in [1.29, 1.82) is 0 Å². The molecule has 31 heavy (non-hydrogen) atoms. The second-order valence-electron chi connectivity index (χ2n) is 6.93.